The molecule has 4 heteroatoms. The Labute approximate surface area is 114 Å². The maximum Gasteiger partial charge on any atom is 0.102 e. The summed E-state index contributed by atoms with van der Waals surface area (Å²) in [5.41, 5.74) is -2.22. The van der Waals surface area contributed by atoms with Crippen LogP contribution in [0.5, 0.6) is 0 Å². The van der Waals surface area contributed by atoms with Gasteiger partial charge < -0.3 is 20.4 Å². The Morgan fingerprint density at radius 2 is 1.84 bits per heavy atom. The molecule has 4 atom stereocenters. The van der Waals surface area contributed by atoms with E-state index in [0.717, 1.165) is 0 Å². The Hall–Kier alpha value is -0.680. The quantitative estimate of drug-likeness (QED) is 0.566. The predicted octanol–water partition coefficient (Wildman–Crippen LogP) is 0.754. The molecule has 0 amide bonds. The van der Waals surface area contributed by atoms with Gasteiger partial charge in [-0.05, 0) is 24.3 Å². The van der Waals surface area contributed by atoms with Crippen LogP contribution in [0.15, 0.2) is 23.8 Å². The Morgan fingerprint density at radius 1 is 1.21 bits per heavy atom. The largest absolute Gasteiger partial charge is 0.392 e. The van der Waals surface area contributed by atoms with Crippen molar-refractivity contribution in [2.75, 3.05) is 6.61 Å². The molecule has 0 aliphatic heterocycles. The molecule has 0 aromatic heterocycles. The maximum absolute atomic E-state index is 10.9. The molecule has 2 aliphatic carbocycles. The van der Waals surface area contributed by atoms with Crippen LogP contribution in [0.25, 0.3) is 0 Å². The molecule has 1 fully saturated rings. The van der Waals surface area contributed by atoms with Crippen LogP contribution >= 0.6 is 0 Å². The summed E-state index contributed by atoms with van der Waals surface area (Å²) in [6.07, 6.45) is 4.77. The summed E-state index contributed by atoms with van der Waals surface area (Å²) in [6, 6.07) is 0. The van der Waals surface area contributed by atoms with Crippen molar-refractivity contribution in [3.8, 4) is 0 Å². The van der Waals surface area contributed by atoms with Crippen molar-refractivity contribution in [3.63, 3.8) is 0 Å². The zero-order valence-electron chi connectivity index (χ0n) is 11.8. The molecule has 0 heterocycles. The predicted molar refractivity (Wildman–Crippen MR) is 72.4 cm³/mol. The van der Waals surface area contributed by atoms with E-state index in [1.165, 1.54) is 0 Å². The Kier molecular flexibility index (Phi) is 3.42. The van der Waals surface area contributed by atoms with E-state index in [0.29, 0.717) is 12.0 Å². The van der Waals surface area contributed by atoms with E-state index < -0.39 is 22.7 Å². The van der Waals surface area contributed by atoms with Crippen molar-refractivity contribution in [3.05, 3.63) is 23.8 Å². The minimum atomic E-state index is -1.31. The number of aliphatic hydroxyl groups excluding tert-OH is 2. The molecule has 0 aromatic rings. The molecule has 2 rings (SSSR count). The number of hydrogen-bond acceptors (Lipinski definition) is 4. The maximum atomic E-state index is 10.9. The second-order valence-electron chi connectivity index (χ2n) is 6.80. The van der Waals surface area contributed by atoms with E-state index in [9.17, 15) is 20.4 Å². The molecular formula is C15H24O4. The topological polar surface area (TPSA) is 80.9 Å². The van der Waals surface area contributed by atoms with E-state index in [2.05, 4.69) is 0 Å². The van der Waals surface area contributed by atoms with Gasteiger partial charge in [-0.1, -0.05) is 32.1 Å². The summed E-state index contributed by atoms with van der Waals surface area (Å²) in [4.78, 5) is 0. The molecule has 108 valence electrons. The lowest BCUT2D eigenvalue weighted by atomic mass is 9.48. The fourth-order valence-corrected chi connectivity index (χ4v) is 3.54. The van der Waals surface area contributed by atoms with E-state index >= 15 is 0 Å². The Bertz CT molecular complexity index is 422. The summed E-state index contributed by atoms with van der Waals surface area (Å²) in [7, 11) is 0. The summed E-state index contributed by atoms with van der Waals surface area (Å²) >= 11 is 0. The molecule has 4 N–H and O–H groups in total. The lowest BCUT2D eigenvalue weighted by Gasteiger charge is -2.61. The monoisotopic (exact) mass is 268 g/mol. The van der Waals surface area contributed by atoms with Gasteiger partial charge in [-0.25, -0.2) is 0 Å². The van der Waals surface area contributed by atoms with Gasteiger partial charge in [-0.15, -0.1) is 0 Å². The lowest BCUT2D eigenvalue weighted by Crippen LogP contribution is -2.69. The van der Waals surface area contributed by atoms with E-state index in [1.807, 2.05) is 13.8 Å². The molecule has 0 bridgehead atoms. The first-order valence-electron chi connectivity index (χ1n) is 6.76. The Morgan fingerprint density at radius 3 is 2.37 bits per heavy atom. The van der Waals surface area contributed by atoms with Crippen LogP contribution in [0.4, 0.5) is 0 Å². The highest BCUT2D eigenvalue weighted by molar-refractivity contribution is 5.30. The molecule has 19 heavy (non-hydrogen) atoms. The van der Waals surface area contributed by atoms with Crippen LogP contribution in [0.1, 0.15) is 33.6 Å². The first-order valence-corrected chi connectivity index (χ1v) is 6.76. The highest BCUT2D eigenvalue weighted by Gasteiger charge is 2.64. The molecule has 2 aliphatic rings. The van der Waals surface area contributed by atoms with Crippen molar-refractivity contribution < 1.29 is 20.4 Å². The van der Waals surface area contributed by atoms with Crippen molar-refractivity contribution in [2.45, 2.75) is 50.9 Å². The Balaban J connectivity index is 2.45. The summed E-state index contributed by atoms with van der Waals surface area (Å²) in [5.74, 6) is -0.263. The van der Waals surface area contributed by atoms with Gasteiger partial charge in [0.15, 0.2) is 0 Å². The number of aliphatic hydroxyl groups is 4. The van der Waals surface area contributed by atoms with Gasteiger partial charge in [0.05, 0.1) is 18.3 Å². The number of allylic oxidation sites excluding steroid dienone is 2. The van der Waals surface area contributed by atoms with Crippen LogP contribution in [0, 0.1) is 11.3 Å². The van der Waals surface area contributed by atoms with Gasteiger partial charge >= 0.3 is 0 Å². The minimum absolute atomic E-state index is 0.0759. The molecule has 1 saturated carbocycles. The average molecular weight is 268 g/mol. The fourth-order valence-electron chi connectivity index (χ4n) is 3.54. The fraction of sp³-hybridized carbons (Fsp3) is 0.733. The molecule has 4 nitrogen and oxygen atoms in total. The van der Waals surface area contributed by atoms with Crippen LogP contribution in [-0.4, -0.2) is 44.3 Å². The van der Waals surface area contributed by atoms with Crippen molar-refractivity contribution in [1.29, 1.82) is 0 Å². The van der Waals surface area contributed by atoms with Gasteiger partial charge in [0.25, 0.3) is 0 Å². The first-order chi connectivity index (χ1) is 8.64. The molecular weight excluding hydrogens is 244 g/mol. The van der Waals surface area contributed by atoms with Crippen LogP contribution in [0.3, 0.4) is 0 Å². The highest BCUT2D eigenvalue weighted by Crippen LogP contribution is 2.59. The van der Waals surface area contributed by atoms with Gasteiger partial charge in [-0.3, -0.25) is 0 Å². The van der Waals surface area contributed by atoms with Gasteiger partial charge in [-0.2, -0.15) is 0 Å². The van der Waals surface area contributed by atoms with Crippen molar-refractivity contribution in [1.82, 2.24) is 0 Å². The third kappa shape index (κ3) is 2.17. The second-order valence-corrected chi connectivity index (χ2v) is 6.80. The van der Waals surface area contributed by atoms with Gasteiger partial charge in [0, 0.05) is 12.3 Å². The summed E-state index contributed by atoms with van der Waals surface area (Å²) in [6.45, 7) is 5.26. The minimum Gasteiger partial charge on any atom is -0.392 e. The smallest absolute Gasteiger partial charge is 0.102 e. The SMILES string of the molecule is CC1(C)C[C@@H]2/C(CO)=C\C=C/[C@](C)(O)C[C@H](O)[C@]21O. The lowest BCUT2D eigenvalue weighted by molar-refractivity contribution is -0.250. The zero-order valence-corrected chi connectivity index (χ0v) is 11.8. The summed E-state index contributed by atoms with van der Waals surface area (Å²) < 4.78 is 0. The molecule has 0 unspecified atom stereocenters. The van der Waals surface area contributed by atoms with E-state index in [1.54, 1.807) is 25.2 Å². The molecule has 0 aromatic carbocycles. The molecule has 0 saturated heterocycles. The molecule has 0 spiro atoms. The van der Waals surface area contributed by atoms with E-state index in [-0.39, 0.29) is 18.9 Å². The van der Waals surface area contributed by atoms with Crippen LogP contribution in [-0.2, 0) is 0 Å². The normalized spacial score (nSPS) is 49.7. The number of rotatable bonds is 1. The first kappa shape index (κ1) is 14.7. The van der Waals surface area contributed by atoms with Crippen LogP contribution in [0.2, 0.25) is 0 Å². The molecule has 0 radical (unpaired) electrons. The third-order valence-electron chi connectivity index (χ3n) is 4.84. The van der Waals surface area contributed by atoms with Gasteiger partial charge in [0.2, 0.25) is 0 Å². The highest BCUT2D eigenvalue weighted by atomic mass is 16.3. The van der Waals surface area contributed by atoms with Crippen LogP contribution < -0.4 is 0 Å². The van der Waals surface area contributed by atoms with E-state index in [4.69, 9.17) is 0 Å². The zero-order chi connectivity index (χ0) is 14.5. The number of fused-ring (bicyclic) bond motifs is 1. The summed E-state index contributed by atoms with van der Waals surface area (Å²) in [5, 5.41) is 41.0. The number of hydrogen-bond donors (Lipinski definition) is 4. The third-order valence-corrected chi connectivity index (χ3v) is 4.84. The van der Waals surface area contributed by atoms with Crippen molar-refractivity contribution in [2.24, 2.45) is 11.3 Å². The second kappa shape index (κ2) is 4.42. The average Bonchev–Trinajstić information content (AvgIpc) is 2.32. The van der Waals surface area contributed by atoms with Crippen molar-refractivity contribution >= 4 is 0 Å². The standard InChI is InChI=1S/C15H24O4/c1-13(2)7-11-10(9-16)5-4-6-14(3,18)8-12(17)15(11,13)19/h4-6,11-12,16-19H,7-9H2,1-3H3/b6-4-,10-5-/t11-,12+,14+,15-/m1/s1. The van der Waals surface area contributed by atoms with Gasteiger partial charge in [0.1, 0.15) is 5.60 Å².